The van der Waals surface area contributed by atoms with Crippen LogP contribution in [0.15, 0.2) is 350 Å². The fraction of sp³-hybridized carbons (Fsp3) is 0.124. The average molecular weight is 3180 g/mol. The van der Waals surface area contributed by atoms with Crippen LogP contribution in [0.2, 0.25) is 0 Å². The molecule has 1 unspecified atom stereocenters. The largest absolute Gasteiger partial charge is 1.00 e. The molecule has 14 aromatic rings. The molecule has 1 amide bonds. The second kappa shape index (κ2) is 67.5. The number of methoxy groups -OCH3 is 1. The minimum Gasteiger partial charge on any atom is -0.870 e. The Balaban J connectivity index is 0.000000338. The number of carbonyl (C=O) groups is 5. The van der Waals surface area contributed by atoms with E-state index in [-0.39, 0.29) is 102 Å². The number of aromatic hydroxyl groups is 2. The maximum atomic E-state index is 12.2. The number of phenols is 2. The second-order valence-corrected chi connectivity index (χ2v) is 44.4. The third-order valence-corrected chi connectivity index (χ3v) is 29.3. The first kappa shape index (κ1) is 128. The molecule has 0 aliphatic carbocycles. The number of nitrogens with one attached hydrogen (secondary N) is 2. The van der Waals surface area contributed by atoms with Crippen LogP contribution in [-0.2, 0) is 64.1 Å². The van der Waals surface area contributed by atoms with E-state index in [2.05, 4.69) is 335 Å². The molecule has 19 nitrogen and oxygen atoms in total. The minimum absolute atomic E-state index is 0. The van der Waals surface area contributed by atoms with Crippen LogP contribution >= 0.6 is 288 Å². The zero-order valence-electron chi connectivity index (χ0n) is 76.0. The minimum atomic E-state index is -0.875. The summed E-state index contributed by atoms with van der Waals surface area (Å²) in [5.41, 5.74) is 20.3. The number of hydrogen-bond acceptors (Lipinski definition) is 16. The second-order valence-electron chi connectivity index (χ2n) is 28.5. The van der Waals surface area contributed by atoms with E-state index in [1.807, 2.05) is 228 Å². The number of Topliss-reactive ketones (excluding diaryl/α,β-unsaturated/α-hetero) is 1. The summed E-state index contributed by atoms with van der Waals surface area (Å²) in [5, 5.41) is 47.7. The van der Waals surface area contributed by atoms with Crippen LogP contribution in [0.3, 0.4) is 0 Å². The number of phenolic OH excluding ortho intramolecular Hbond substituents is 2. The Morgan fingerprint density at radius 1 is 0.468 bits per heavy atom. The van der Waals surface area contributed by atoms with Crippen molar-refractivity contribution in [2.75, 3.05) is 18.2 Å². The Hall–Kier alpha value is -5.51. The quantitative estimate of drug-likeness (QED) is 0.00709. The van der Waals surface area contributed by atoms with E-state index in [1.165, 1.54) is 15.2 Å². The number of benzene rings is 14. The first-order valence-corrected chi connectivity index (χ1v) is 55.6. The zero-order chi connectivity index (χ0) is 101. The molecule has 0 saturated heterocycles. The van der Waals surface area contributed by atoms with Crippen molar-refractivity contribution in [1.29, 1.82) is 5.41 Å². The predicted octanol–water partition coefficient (Wildman–Crippen LogP) is 30.8. The molecule has 16 rings (SSSR count). The smallest absolute Gasteiger partial charge is 0.870 e. The Bertz CT molecular complexity index is 6440. The van der Waals surface area contributed by atoms with Crippen molar-refractivity contribution in [2.45, 2.75) is 78.9 Å². The number of halogens is 16. The van der Waals surface area contributed by atoms with Gasteiger partial charge in [0.2, 0.25) is 12.1 Å². The van der Waals surface area contributed by atoms with Crippen LogP contribution in [0, 0.1) is 23.3 Å². The number of aliphatic carboxylic acids is 2. The van der Waals surface area contributed by atoms with E-state index in [1.54, 1.807) is 61.7 Å². The number of carboxylic acids is 2. The van der Waals surface area contributed by atoms with Gasteiger partial charge in [-0.1, -0.05) is 270 Å². The van der Waals surface area contributed by atoms with Crippen LogP contribution < -0.4 is 61.0 Å². The van der Waals surface area contributed by atoms with E-state index in [0.717, 1.165) is 143 Å². The van der Waals surface area contributed by atoms with Gasteiger partial charge in [-0.25, -0.2) is 4.99 Å². The van der Waals surface area contributed by atoms with Gasteiger partial charge in [-0.3, -0.25) is 29.0 Å². The summed E-state index contributed by atoms with van der Waals surface area (Å²) in [4.78, 5) is 65.1. The standard InChI is InChI=1S/C21H14Br2INO.C14H10Br2INO.2C14H9Br2IO2.C14H13NO.C8H6BrIO2.C8H8BrNO2.C8H6BrNO.2C2H6.H3N.Na.H2O/c22-15-7-9-18(24)14(10-15)11-19-17-8-6-16(23)12-20(17)26-21(25-19)13-4-2-1-3-5-13;2*15-9-2-4-12(17)8(5-9)6-13(18)11-3-1-10(16)7-14(11)19;15-10-2-1-3-12(8-10)19-14(18)7-9-6-11(16)4-5-13(9)17;1-16-14-9-7-13(8-10-14)15-11-12-5-3-2-4-6-12;2*9-6-1-2-7(10)5(3-6)4-8(11)12;9-6-1-2-7-5(3-6)4-8(11)10-7;2*1-2;;;/h1-10,12,21H,11H2;1-5,7,18-19H,6H2;1-5,7,19H,6H2;1-6,8H,7H2;2-11H,1H3;1-3H,4H2,(H,11,12);1-3H,4,10H2,(H,11,12);1-3H,4H2,(H,10,11);2*1-2H3;1H3;;1H2/q;;;;;;;;;;;+1;/p-1. The molecule has 0 spiro atoms. The number of nitrogen functional groups attached to an aromatic ring is 1. The van der Waals surface area contributed by atoms with Crippen LogP contribution in [0.25, 0.3) is 0 Å². The molecule has 12 N–H and O–H groups in total. The summed E-state index contributed by atoms with van der Waals surface area (Å²) >= 11 is 48.3. The number of anilines is 2. The Kier molecular flexibility index (Phi) is 61.1. The van der Waals surface area contributed by atoms with E-state index < -0.39 is 11.9 Å². The van der Waals surface area contributed by atoms with E-state index >= 15 is 0 Å². The van der Waals surface area contributed by atoms with E-state index in [0.29, 0.717) is 46.7 Å². The number of carboxylic acid groups (broad SMARTS) is 2. The molecule has 732 valence electrons. The van der Waals surface area contributed by atoms with Gasteiger partial charge in [0.15, 0.2) is 5.78 Å². The van der Waals surface area contributed by atoms with Crippen LogP contribution in [0.1, 0.15) is 105 Å². The van der Waals surface area contributed by atoms with E-state index in [4.69, 9.17) is 40.6 Å². The first-order valence-electron chi connectivity index (χ1n) is 41.5. The SMILES string of the molecule is Brc1ccc(I)c(CC2=NC(c3ccccc3)Oc3cc(Br)ccc32)c1.CC.CC.COc1ccc(N=Cc2ccccc2)cc1.N.N=C(Cc1cc(Br)ccc1I)c1ccc(Br)cc1O.Nc1ccc(Br)cc1CC(=O)O.O=C(Cc1cc(Br)ccc1I)Oc1cccc(Br)c1.O=C(Cc1cc(Br)ccc1I)c1ccc(Br)cc1O.O=C(O)Cc1cc(Br)ccc1I.O=C1Cc2cc(Br)ccc2N1.[Na+].[OH-]. The van der Waals surface area contributed by atoms with Crippen molar-refractivity contribution in [3.8, 4) is 28.7 Å². The fourth-order valence-electron chi connectivity index (χ4n) is 12.2. The molecule has 14 aromatic carbocycles. The Labute approximate surface area is 1000 Å². The third kappa shape index (κ3) is 45.6. The molecule has 1 atom stereocenters. The van der Waals surface area contributed by atoms with Crippen LogP contribution in [0.4, 0.5) is 17.1 Å². The van der Waals surface area contributed by atoms with Crippen LogP contribution in [0.5, 0.6) is 28.7 Å². The van der Waals surface area contributed by atoms with Crippen molar-refractivity contribution < 1.29 is 93.6 Å². The molecule has 0 fully saturated rings. The molecule has 0 radical (unpaired) electrons. The van der Waals surface area contributed by atoms with Crippen molar-refractivity contribution >= 4 is 352 Å². The average Bonchev–Trinajstić information content (AvgIpc) is 1.43. The first-order chi connectivity index (χ1) is 65.9. The number of fused-ring (bicyclic) bond motifs is 2. The van der Waals surface area contributed by atoms with Gasteiger partial charge in [0.1, 0.15) is 28.7 Å². The maximum Gasteiger partial charge on any atom is 1.00 e. The Morgan fingerprint density at radius 2 is 0.879 bits per heavy atom. The normalized spacial score (nSPS) is 11.2. The van der Waals surface area contributed by atoms with Gasteiger partial charge in [0, 0.05) is 126 Å². The van der Waals surface area contributed by atoms with Gasteiger partial charge >= 0.3 is 47.5 Å². The summed E-state index contributed by atoms with van der Waals surface area (Å²) in [6.07, 6.45) is 3.86. The molecule has 0 aromatic heterocycles. The summed E-state index contributed by atoms with van der Waals surface area (Å²) in [6, 6.07) is 91.9. The molecule has 0 bridgehead atoms. The molecule has 36 heteroatoms. The number of esters is 1. The number of ketones is 1. The fourth-order valence-corrected chi connectivity index (χ4v) is 19.1. The molecular formula is C105H91Br11I5N6NaO13. The Morgan fingerprint density at radius 3 is 1.38 bits per heavy atom. The van der Waals surface area contributed by atoms with Crippen molar-refractivity contribution in [3.05, 3.63) is 425 Å². The maximum absolute atomic E-state index is 12.2. The zero-order valence-corrected chi connectivity index (χ0v) is 106. The number of carbonyl (C=O) groups excluding carboxylic acids is 3. The number of nitrogens with zero attached hydrogens (tertiary/aromatic N) is 2. The van der Waals surface area contributed by atoms with Gasteiger partial charge in [-0.2, -0.15) is 0 Å². The topological polar surface area (TPSA) is 346 Å². The van der Waals surface area contributed by atoms with Gasteiger partial charge in [-0.05, 0) is 382 Å². The molecule has 0 saturated carbocycles. The van der Waals surface area contributed by atoms with Crippen molar-refractivity contribution in [3.63, 3.8) is 0 Å². The molecular weight excluding hydrogens is 3090 g/mol. The summed E-state index contributed by atoms with van der Waals surface area (Å²) in [7, 11) is 1.66. The van der Waals surface area contributed by atoms with Gasteiger partial charge in [-0.15, -0.1) is 0 Å². The summed E-state index contributed by atoms with van der Waals surface area (Å²) in [6.45, 7) is 8.00. The third-order valence-electron chi connectivity index (χ3n) is 18.6. The van der Waals surface area contributed by atoms with E-state index in [9.17, 15) is 34.2 Å². The molecule has 2 heterocycles. The number of nitrogens with two attached hydrogens (primary N) is 1. The monoisotopic (exact) mass is 3170 g/mol. The number of hydrogen-bond donors (Lipinski definition) is 8. The predicted molar refractivity (Wildman–Crippen MR) is 646 cm³/mol. The van der Waals surface area contributed by atoms with Crippen molar-refractivity contribution in [2.24, 2.45) is 9.98 Å². The number of aliphatic imine (C=N–C) groups is 2. The van der Waals surface area contributed by atoms with Crippen LogP contribution in [-0.4, -0.2) is 80.2 Å². The van der Waals surface area contributed by atoms with Gasteiger partial charge in [0.25, 0.3) is 0 Å². The summed E-state index contributed by atoms with van der Waals surface area (Å²) < 4.78 is 32.2. The molecule has 141 heavy (non-hydrogen) atoms. The molecule has 2 aliphatic heterocycles. The summed E-state index contributed by atoms with van der Waals surface area (Å²) in [5.74, 6) is 0.430. The molecule has 2 aliphatic rings. The van der Waals surface area contributed by atoms with Crippen molar-refractivity contribution in [1.82, 2.24) is 6.15 Å². The number of rotatable bonds is 19. The number of ether oxygens (including phenoxy) is 3. The van der Waals surface area contributed by atoms with Gasteiger partial charge < -0.3 is 62.7 Å². The number of amides is 1. The van der Waals surface area contributed by atoms with Gasteiger partial charge in [0.05, 0.1) is 49.8 Å².